The molecule has 0 aliphatic heterocycles. The molecule has 66 valence electrons. The highest BCUT2D eigenvalue weighted by Crippen LogP contribution is 1.75. The zero-order chi connectivity index (χ0) is 9.11. The maximum absolute atomic E-state index is 11.1. The van der Waals surface area contributed by atoms with Crippen molar-refractivity contribution >= 4 is 5.97 Å². The molecule has 0 aromatic rings. The van der Waals surface area contributed by atoms with E-state index < -0.39 is 12.6 Å². The van der Waals surface area contributed by atoms with Gasteiger partial charge in [0.05, 0.1) is 20.0 Å². The van der Waals surface area contributed by atoms with Crippen molar-refractivity contribution in [3.05, 3.63) is 12.8 Å². The minimum absolute atomic E-state index is 0.253. The highest BCUT2D eigenvalue weighted by Gasteiger charge is 1.94. The van der Waals surface area contributed by atoms with Crippen LogP contribution >= 0.6 is 0 Å². The van der Waals surface area contributed by atoms with Crippen LogP contribution in [0.3, 0.4) is 0 Å². The summed E-state index contributed by atoms with van der Waals surface area (Å²) < 4.78 is 19.6. The van der Waals surface area contributed by atoms with E-state index in [4.69, 9.17) is 0 Å². The smallest absolute Gasteiger partial charge is 0.337 e. The lowest BCUT2D eigenvalue weighted by atomic mass is 10.7. The molecule has 0 aromatic carbocycles. The van der Waals surface area contributed by atoms with Gasteiger partial charge in [-0.2, -0.15) is 0 Å². The van der Waals surface area contributed by atoms with Crippen LogP contribution in [0.5, 0.6) is 0 Å². The average molecular weight is 164 g/mol. The third-order valence-corrected chi connectivity index (χ3v) is 0.581. The zero-order valence-electron chi connectivity index (χ0n) is 6.80. The monoisotopic (exact) mass is 164 g/mol. The van der Waals surface area contributed by atoms with Crippen LogP contribution in [-0.2, 0) is 14.3 Å². The van der Waals surface area contributed by atoms with Gasteiger partial charge in [-0.15, -0.1) is 0 Å². The number of halogens is 1. The summed E-state index contributed by atoms with van der Waals surface area (Å²) in [5.74, 6) is -0.789. The number of methoxy groups -OCH3 is 1. The largest absolute Gasteiger partial charge is 0.505 e. The van der Waals surface area contributed by atoms with Crippen molar-refractivity contribution in [3.63, 3.8) is 0 Å². The molecule has 0 aromatic heterocycles. The molecule has 11 heavy (non-hydrogen) atoms. The second kappa shape index (κ2) is 11.7. The Morgan fingerprint density at radius 1 is 1.73 bits per heavy atom. The van der Waals surface area contributed by atoms with Gasteiger partial charge in [0, 0.05) is 0 Å². The first kappa shape index (κ1) is 12.6. The number of carbonyl (C=O) groups is 1. The second-order valence-corrected chi connectivity index (χ2v) is 1.34. The minimum Gasteiger partial charge on any atom is -0.505 e. The molecule has 0 rings (SSSR count). The van der Waals surface area contributed by atoms with Crippen LogP contribution in [-0.4, -0.2) is 26.4 Å². The topological polar surface area (TPSA) is 35.5 Å². The summed E-state index contributed by atoms with van der Waals surface area (Å²) in [6, 6.07) is 0. The van der Waals surface area contributed by atoms with Gasteiger partial charge in [-0.05, 0) is 6.92 Å². The molecule has 0 aliphatic carbocycles. The Labute approximate surface area is 65.8 Å². The molecule has 0 atom stereocenters. The van der Waals surface area contributed by atoms with Crippen LogP contribution in [0, 0.1) is 0 Å². The molecular formula is C7H13FO3. The molecule has 0 saturated carbocycles. The molecular weight excluding hydrogens is 151 g/mol. The van der Waals surface area contributed by atoms with E-state index in [0.29, 0.717) is 0 Å². The van der Waals surface area contributed by atoms with Crippen LogP contribution in [0.1, 0.15) is 6.92 Å². The van der Waals surface area contributed by atoms with Gasteiger partial charge >= 0.3 is 5.97 Å². The Morgan fingerprint density at radius 2 is 2.18 bits per heavy atom. The number of alkyl halides is 1. The standard InChI is InChI=1S/C4H7FO2.C3H6O/c1-2-7-4(6)3-5;1-3-4-2/h2-3H2,1H3;3H,1H2,2H3. The predicted molar refractivity (Wildman–Crippen MR) is 39.8 cm³/mol. The van der Waals surface area contributed by atoms with Crippen molar-refractivity contribution in [1.82, 2.24) is 0 Å². The molecule has 0 saturated heterocycles. The van der Waals surface area contributed by atoms with Gasteiger partial charge in [0.2, 0.25) is 0 Å². The highest BCUT2D eigenvalue weighted by atomic mass is 19.1. The molecule has 0 unspecified atom stereocenters. The van der Waals surface area contributed by atoms with E-state index in [0.717, 1.165) is 0 Å². The zero-order valence-corrected chi connectivity index (χ0v) is 6.80. The summed E-state index contributed by atoms with van der Waals surface area (Å²) in [7, 11) is 1.56. The summed E-state index contributed by atoms with van der Waals surface area (Å²) in [6.45, 7) is 4.12. The first-order chi connectivity index (χ1) is 5.22. The highest BCUT2D eigenvalue weighted by molar-refractivity contribution is 5.70. The van der Waals surface area contributed by atoms with Gasteiger partial charge in [-0.3, -0.25) is 0 Å². The fraction of sp³-hybridized carbons (Fsp3) is 0.571. The molecule has 0 fully saturated rings. The molecule has 0 amide bonds. The SMILES string of the molecule is C=COC.CCOC(=O)CF. The van der Waals surface area contributed by atoms with Gasteiger partial charge in [-0.1, -0.05) is 6.58 Å². The summed E-state index contributed by atoms with van der Waals surface area (Å²) in [4.78, 5) is 9.81. The Kier molecular flexibility index (Phi) is 13.4. The Morgan fingerprint density at radius 3 is 2.27 bits per heavy atom. The van der Waals surface area contributed by atoms with E-state index in [-0.39, 0.29) is 6.61 Å². The van der Waals surface area contributed by atoms with Crippen molar-refractivity contribution in [3.8, 4) is 0 Å². The molecule has 4 heteroatoms. The Hall–Kier alpha value is -1.06. The summed E-state index contributed by atoms with van der Waals surface area (Å²) >= 11 is 0. The van der Waals surface area contributed by atoms with Gasteiger partial charge < -0.3 is 9.47 Å². The Bertz CT molecular complexity index is 104. The van der Waals surface area contributed by atoms with Crippen molar-refractivity contribution in [2.75, 3.05) is 20.4 Å². The minimum atomic E-state index is -1.02. The molecule has 0 spiro atoms. The summed E-state index contributed by atoms with van der Waals surface area (Å²) in [6.07, 6.45) is 1.38. The molecule has 3 nitrogen and oxygen atoms in total. The molecule has 0 bridgehead atoms. The molecule has 0 heterocycles. The van der Waals surface area contributed by atoms with Crippen molar-refractivity contribution < 1.29 is 18.7 Å². The number of hydrogen-bond donors (Lipinski definition) is 0. The van der Waals surface area contributed by atoms with Gasteiger partial charge in [0.25, 0.3) is 0 Å². The first-order valence-corrected chi connectivity index (χ1v) is 3.08. The van der Waals surface area contributed by atoms with Gasteiger partial charge in [0.15, 0.2) is 6.67 Å². The van der Waals surface area contributed by atoms with E-state index in [2.05, 4.69) is 16.1 Å². The second-order valence-electron chi connectivity index (χ2n) is 1.34. The lowest BCUT2D eigenvalue weighted by Crippen LogP contribution is -2.04. The quantitative estimate of drug-likeness (QED) is 0.466. The van der Waals surface area contributed by atoms with Crippen LogP contribution in [0.4, 0.5) is 4.39 Å². The normalized spacial score (nSPS) is 7.18. The van der Waals surface area contributed by atoms with Crippen molar-refractivity contribution in [2.24, 2.45) is 0 Å². The third kappa shape index (κ3) is 17.6. The van der Waals surface area contributed by atoms with E-state index in [1.807, 2.05) is 0 Å². The third-order valence-electron chi connectivity index (χ3n) is 0.581. The van der Waals surface area contributed by atoms with E-state index in [1.165, 1.54) is 6.26 Å². The van der Waals surface area contributed by atoms with Crippen LogP contribution in [0.2, 0.25) is 0 Å². The summed E-state index contributed by atoms with van der Waals surface area (Å²) in [5.41, 5.74) is 0. The predicted octanol–water partition coefficient (Wildman–Crippen LogP) is 1.30. The fourth-order valence-electron chi connectivity index (χ4n) is 0.200. The van der Waals surface area contributed by atoms with E-state index >= 15 is 0 Å². The van der Waals surface area contributed by atoms with Gasteiger partial charge in [0.1, 0.15) is 0 Å². The van der Waals surface area contributed by atoms with E-state index in [9.17, 15) is 9.18 Å². The van der Waals surface area contributed by atoms with Crippen molar-refractivity contribution in [2.45, 2.75) is 6.92 Å². The lowest BCUT2D eigenvalue weighted by molar-refractivity contribution is -0.144. The van der Waals surface area contributed by atoms with Crippen LogP contribution in [0.25, 0.3) is 0 Å². The van der Waals surface area contributed by atoms with Gasteiger partial charge in [-0.25, -0.2) is 9.18 Å². The fourth-order valence-corrected chi connectivity index (χ4v) is 0.200. The van der Waals surface area contributed by atoms with E-state index in [1.54, 1.807) is 14.0 Å². The number of carbonyl (C=O) groups excluding carboxylic acids is 1. The number of ether oxygens (including phenoxy) is 2. The van der Waals surface area contributed by atoms with Crippen LogP contribution < -0.4 is 0 Å². The summed E-state index contributed by atoms with van der Waals surface area (Å²) in [5, 5.41) is 0. The molecule has 0 N–H and O–H groups in total. The maximum atomic E-state index is 11.1. The number of esters is 1. The first-order valence-electron chi connectivity index (χ1n) is 3.08. The number of rotatable bonds is 3. The molecule has 0 aliphatic rings. The van der Waals surface area contributed by atoms with Crippen molar-refractivity contribution in [1.29, 1.82) is 0 Å². The van der Waals surface area contributed by atoms with Crippen LogP contribution in [0.15, 0.2) is 12.8 Å². The maximum Gasteiger partial charge on any atom is 0.337 e. The lowest BCUT2D eigenvalue weighted by Gasteiger charge is -1.92. The average Bonchev–Trinajstić information content (AvgIpc) is 2.05. The molecule has 0 radical (unpaired) electrons. The Balaban J connectivity index is 0. The number of hydrogen-bond acceptors (Lipinski definition) is 3.